The number of hydrogen-bond acceptors (Lipinski definition) is 4. The Morgan fingerprint density at radius 1 is 1.07 bits per heavy atom. The van der Waals surface area contributed by atoms with E-state index in [1.165, 1.54) is 6.07 Å². The summed E-state index contributed by atoms with van der Waals surface area (Å²) in [6.07, 6.45) is 5.19. The number of aliphatic hydroxyl groups is 3. The molecule has 0 bridgehead atoms. The molecule has 5 nitrogen and oxygen atoms in total. The van der Waals surface area contributed by atoms with Crippen molar-refractivity contribution in [1.29, 1.82) is 0 Å². The van der Waals surface area contributed by atoms with Gasteiger partial charge in [-0.2, -0.15) is 0 Å². The molecule has 1 aliphatic carbocycles. The summed E-state index contributed by atoms with van der Waals surface area (Å²) >= 11 is 0. The zero-order valence-electron chi connectivity index (χ0n) is 18.0. The quantitative estimate of drug-likeness (QED) is 0.359. The van der Waals surface area contributed by atoms with E-state index in [-0.39, 0.29) is 24.1 Å². The maximum Gasteiger partial charge on any atom is 0.303 e. The molecule has 4 N–H and O–H groups in total. The molecule has 30 heavy (non-hydrogen) atoms. The second-order valence-electron chi connectivity index (χ2n) is 8.91. The third-order valence-electron chi connectivity index (χ3n) is 6.49. The number of aliphatic hydroxyl groups excluding tert-OH is 3. The molecule has 1 aliphatic rings. The number of benzene rings is 1. The molecule has 0 saturated heterocycles. The molecular weight excluding hydrogens is 387 g/mol. The number of unbranched alkanes of at least 4 members (excludes halogenated alkanes) is 3. The number of aliphatic carboxylic acids is 1. The van der Waals surface area contributed by atoms with Crippen molar-refractivity contribution in [2.75, 3.05) is 0 Å². The van der Waals surface area contributed by atoms with Crippen LogP contribution < -0.4 is 0 Å². The Balaban J connectivity index is 1.73. The van der Waals surface area contributed by atoms with Crippen LogP contribution in [0.2, 0.25) is 0 Å². The van der Waals surface area contributed by atoms with Crippen LogP contribution in [0.4, 0.5) is 4.39 Å². The van der Waals surface area contributed by atoms with E-state index < -0.39 is 24.3 Å². The highest BCUT2D eigenvalue weighted by Crippen LogP contribution is 2.39. The standard InChI is InChI=1S/C24H37FO5/c1-16-8-9-17(21(25)14-16)10-11-18(26)12-13-20-19(22(27)15-23(20)28)6-4-2-3-5-7-24(29)30/h8-9,14,18-20,22-23,26-28H,2-7,10-13,15H2,1H3,(H,29,30). The molecule has 0 aromatic heterocycles. The summed E-state index contributed by atoms with van der Waals surface area (Å²) in [5.74, 6) is -1.03. The SMILES string of the molecule is Cc1ccc(CCC(O)CCC2C(O)CC(O)C2CCCCCCC(=O)O)c(F)c1. The van der Waals surface area contributed by atoms with Crippen molar-refractivity contribution < 1.29 is 29.6 Å². The Kier molecular flexibility index (Phi) is 10.2. The average Bonchev–Trinajstić information content (AvgIpc) is 2.94. The van der Waals surface area contributed by atoms with Crippen molar-refractivity contribution in [3.63, 3.8) is 0 Å². The molecule has 0 spiro atoms. The summed E-state index contributed by atoms with van der Waals surface area (Å²) in [6.45, 7) is 1.84. The van der Waals surface area contributed by atoms with E-state index in [1.807, 2.05) is 13.0 Å². The van der Waals surface area contributed by atoms with Gasteiger partial charge in [0.25, 0.3) is 0 Å². The van der Waals surface area contributed by atoms with Gasteiger partial charge in [0.15, 0.2) is 0 Å². The molecule has 170 valence electrons. The monoisotopic (exact) mass is 424 g/mol. The highest BCUT2D eigenvalue weighted by Gasteiger charge is 2.40. The first-order valence-electron chi connectivity index (χ1n) is 11.3. The van der Waals surface area contributed by atoms with Crippen LogP contribution in [0.5, 0.6) is 0 Å². The topological polar surface area (TPSA) is 98.0 Å². The van der Waals surface area contributed by atoms with Gasteiger partial charge in [0.2, 0.25) is 0 Å². The van der Waals surface area contributed by atoms with Crippen LogP contribution in [0.15, 0.2) is 18.2 Å². The molecule has 0 aliphatic heterocycles. The molecule has 1 saturated carbocycles. The van der Waals surface area contributed by atoms with Crippen LogP contribution >= 0.6 is 0 Å². The molecule has 1 aromatic carbocycles. The Labute approximate surface area is 178 Å². The van der Waals surface area contributed by atoms with Gasteiger partial charge in [0.05, 0.1) is 18.3 Å². The zero-order valence-corrected chi connectivity index (χ0v) is 18.0. The van der Waals surface area contributed by atoms with Gasteiger partial charge in [0, 0.05) is 6.42 Å². The third kappa shape index (κ3) is 7.97. The molecule has 0 amide bonds. The summed E-state index contributed by atoms with van der Waals surface area (Å²) < 4.78 is 13.9. The van der Waals surface area contributed by atoms with Crippen LogP contribution in [0.3, 0.4) is 0 Å². The lowest BCUT2D eigenvalue weighted by Gasteiger charge is -2.24. The summed E-state index contributed by atoms with van der Waals surface area (Å²) in [5, 5.41) is 39.7. The maximum atomic E-state index is 13.9. The van der Waals surface area contributed by atoms with Gasteiger partial charge in [-0.3, -0.25) is 4.79 Å². The van der Waals surface area contributed by atoms with E-state index in [9.17, 15) is 24.5 Å². The fourth-order valence-electron chi connectivity index (χ4n) is 4.70. The molecule has 1 aromatic rings. The van der Waals surface area contributed by atoms with Crippen molar-refractivity contribution in [2.45, 2.75) is 95.9 Å². The van der Waals surface area contributed by atoms with E-state index >= 15 is 0 Å². The largest absolute Gasteiger partial charge is 0.481 e. The summed E-state index contributed by atoms with van der Waals surface area (Å²) in [4.78, 5) is 10.5. The van der Waals surface area contributed by atoms with E-state index in [2.05, 4.69) is 0 Å². The number of hydrogen-bond donors (Lipinski definition) is 4. The van der Waals surface area contributed by atoms with Gasteiger partial charge < -0.3 is 20.4 Å². The second-order valence-corrected chi connectivity index (χ2v) is 8.91. The molecule has 2 rings (SSSR count). The predicted molar refractivity (Wildman–Crippen MR) is 114 cm³/mol. The minimum absolute atomic E-state index is 0.0150. The first-order valence-corrected chi connectivity index (χ1v) is 11.3. The summed E-state index contributed by atoms with van der Waals surface area (Å²) in [7, 11) is 0. The first kappa shape index (κ1) is 24.8. The molecule has 5 atom stereocenters. The highest BCUT2D eigenvalue weighted by molar-refractivity contribution is 5.66. The van der Waals surface area contributed by atoms with E-state index in [4.69, 9.17) is 5.11 Å². The van der Waals surface area contributed by atoms with Gasteiger partial charge in [-0.25, -0.2) is 4.39 Å². The number of aryl methyl sites for hydroxylation is 2. The first-order chi connectivity index (χ1) is 14.3. The van der Waals surface area contributed by atoms with Crippen molar-refractivity contribution in [3.05, 3.63) is 35.1 Å². The second kappa shape index (κ2) is 12.4. The van der Waals surface area contributed by atoms with Crippen LogP contribution in [0.1, 0.15) is 75.3 Å². The lowest BCUT2D eigenvalue weighted by atomic mass is 9.84. The lowest BCUT2D eigenvalue weighted by Crippen LogP contribution is -2.24. The fraction of sp³-hybridized carbons (Fsp3) is 0.708. The average molecular weight is 425 g/mol. The van der Waals surface area contributed by atoms with Crippen LogP contribution in [-0.4, -0.2) is 44.7 Å². The predicted octanol–water partition coefficient (Wildman–Crippen LogP) is 3.99. The maximum absolute atomic E-state index is 13.9. The molecule has 6 heteroatoms. The number of halogens is 1. The van der Waals surface area contributed by atoms with E-state index in [0.29, 0.717) is 44.1 Å². The van der Waals surface area contributed by atoms with Gasteiger partial charge in [-0.1, -0.05) is 31.4 Å². The van der Waals surface area contributed by atoms with Crippen molar-refractivity contribution in [1.82, 2.24) is 0 Å². The minimum atomic E-state index is -0.770. The normalized spacial score (nSPS) is 24.8. The smallest absolute Gasteiger partial charge is 0.303 e. The fourth-order valence-corrected chi connectivity index (χ4v) is 4.70. The Morgan fingerprint density at radius 2 is 1.73 bits per heavy atom. The molecule has 0 radical (unpaired) electrons. The van der Waals surface area contributed by atoms with Gasteiger partial charge in [-0.15, -0.1) is 0 Å². The van der Waals surface area contributed by atoms with Crippen molar-refractivity contribution >= 4 is 5.97 Å². The molecular formula is C24H37FO5. The van der Waals surface area contributed by atoms with E-state index in [1.54, 1.807) is 6.07 Å². The molecule has 5 unspecified atom stereocenters. The number of rotatable bonds is 13. The number of carboxylic acid groups (broad SMARTS) is 1. The Morgan fingerprint density at radius 3 is 2.40 bits per heavy atom. The summed E-state index contributed by atoms with van der Waals surface area (Å²) in [6, 6.07) is 5.14. The zero-order chi connectivity index (χ0) is 22.1. The Bertz CT molecular complexity index is 665. The van der Waals surface area contributed by atoms with Crippen LogP contribution in [0.25, 0.3) is 0 Å². The highest BCUT2D eigenvalue weighted by atomic mass is 19.1. The molecule has 0 heterocycles. The van der Waals surface area contributed by atoms with Gasteiger partial charge in [0.1, 0.15) is 5.82 Å². The van der Waals surface area contributed by atoms with Gasteiger partial charge in [-0.05, 0) is 80.9 Å². The Hall–Kier alpha value is -1.50. The number of carbonyl (C=O) groups is 1. The molecule has 1 fully saturated rings. The van der Waals surface area contributed by atoms with Gasteiger partial charge >= 0.3 is 5.97 Å². The van der Waals surface area contributed by atoms with Crippen molar-refractivity contribution in [2.24, 2.45) is 11.8 Å². The van der Waals surface area contributed by atoms with Crippen LogP contribution in [-0.2, 0) is 11.2 Å². The lowest BCUT2D eigenvalue weighted by molar-refractivity contribution is -0.137. The summed E-state index contributed by atoms with van der Waals surface area (Å²) in [5.41, 5.74) is 1.48. The minimum Gasteiger partial charge on any atom is -0.481 e. The van der Waals surface area contributed by atoms with E-state index in [0.717, 1.165) is 31.2 Å². The third-order valence-corrected chi connectivity index (χ3v) is 6.49. The number of carboxylic acids is 1. The van der Waals surface area contributed by atoms with Crippen LogP contribution in [0, 0.1) is 24.6 Å². The van der Waals surface area contributed by atoms with Crippen molar-refractivity contribution in [3.8, 4) is 0 Å².